The summed E-state index contributed by atoms with van der Waals surface area (Å²) in [7, 11) is 0. The van der Waals surface area contributed by atoms with Crippen LogP contribution in [0.4, 0.5) is 0 Å². The second kappa shape index (κ2) is 23.5. The summed E-state index contributed by atoms with van der Waals surface area (Å²) in [5.74, 6) is 0. The third-order valence-corrected chi connectivity index (χ3v) is 76.4. The van der Waals surface area contributed by atoms with Crippen molar-refractivity contribution in [2.24, 2.45) is 0 Å². The normalized spacial score (nSPS) is 11.9. The number of benzene rings is 9. The topological polar surface area (TPSA) is 51.2 Å². The minimum atomic E-state index is -3.15. The number of hydrogen-bond acceptors (Lipinski definition) is 3. The standard InChI is InChI=1S/3C18H15P.3CO.Ru/c3*1-4-10-16(11-5-1)19(17-12-6-2-7-13-17)18-14-8-3-9-15-18;3*1-2;/h3*1-15H;;;;/q;;;;;;-3/p+3. The van der Waals surface area contributed by atoms with E-state index >= 15 is 0 Å². The van der Waals surface area contributed by atoms with E-state index in [0.717, 1.165) is 0 Å². The molecule has 0 saturated carbocycles. The molecule has 317 valence electrons. The Hall–Kier alpha value is -6.10. The summed E-state index contributed by atoms with van der Waals surface area (Å²) < 4.78 is 0. The van der Waals surface area contributed by atoms with Crippen molar-refractivity contribution in [1.29, 1.82) is 0 Å². The van der Waals surface area contributed by atoms with Crippen LogP contribution in [0.25, 0.3) is 0 Å². The Bertz CT molecular complexity index is 2110. The van der Waals surface area contributed by atoms with E-state index in [1.54, 1.807) is 0 Å². The van der Waals surface area contributed by atoms with Gasteiger partial charge in [-0.1, -0.05) is 0 Å². The van der Waals surface area contributed by atoms with Crippen LogP contribution in [0.15, 0.2) is 273 Å². The Morgan fingerprint density at radius 3 is 0.375 bits per heavy atom. The molecular weight excluding hydrogens is 927 g/mol. The van der Waals surface area contributed by atoms with Crippen molar-refractivity contribution in [2.45, 2.75) is 0 Å². The first kappa shape index (κ1) is 47.4. The second-order valence-corrected chi connectivity index (χ2v) is 49.1. The molecule has 0 fully saturated rings. The monoisotopic (exact) mass is 975 g/mol. The summed E-state index contributed by atoms with van der Waals surface area (Å²) in [5.41, 5.74) is -9.46. The Balaban J connectivity index is 0.00000109. The van der Waals surface area contributed by atoms with Crippen LogP contribution in [0.3, 0.4) is 0 Å². The summed E-state index contributed by atoms with van der Waals surface area (Å²) in [6, 6.07) is 107. The molecule has 0 atom stereocenters. The van der Waals surface area contributed by atoms with Crippen LogP contribution in [0, 0.1) is 0 Å². The maximum absolute atomic E-state index is 7.50. The quantitative estimate of drug-likeness (QED) is 0.0915. The molecule has 0 saturated heterocycles. The Kier molecular flexibility index (Phi) is 17.4. The molecule has 0 aromatic heterocycles. The van der Waals surface area contributed by atoms with Crippen LogP contribution < -0.4 is 47.7 Å². The summed E-state index contributed by atoms with van der Waals surface area (Å²) in [6.45, 7) is 13.5. The summed E-state index contributed by atoms with van der Waals surface area (Å²) in [5, 5.41) is 13.4. The van der Waals surface area contributed by atoms with Crippen LogP contribution >= 0.6 is 16.8 Å². The summed E-state index contributed by atoms with van der Waals surface area (Å²) in [6.07, 6.45) is 0. The molecular formula is C57H48O3P3Ru. The molecule has 0 heterocycles. The van der Waals surface area contributed by atoms with Gasteiger partial charge in [-0.3, -0.25) is 14.4 Å². The van der Waals surface area contributed by atoms with Crippen molar-refractivity contribution in [1.82, 2.24) is 0 Å². The van der Waals surface area contributed by atoms with Gasteiger partial charge in [0.05, 0.1) is 0 Å². The molecule has 0 spiro atoms. The summed E-state index contributed by atoms with van der Waals surface area (Å²) >= 11 is -2.70. The fraction of sp³-hybridized carbons (Fsp3) is 0. The van der Waals surface area contributed by atoms with Gasteiger partial charge in [-0.25, -0.2) is 0 Å². The molecule has 6 radical (unpaired) electrons. The molecule has 9 rings (SSSR count). The van der Waals surface area contributed by atoms with Gasteiger partial charge in [-0.15, -0.1) is 0 Å². The first-order chi connectivity index (χ1) is 31.8. The van der Waals surface area contributed by atoms with E-state index in [9.17, 15) is 0 Å². The average Bonchev–Trinajstić information content (AvgIpc) is 3.41. The van der Waals surface area contributed by atoms with E-state index in [0.29, 0.717) is 0 Å². The third kappa shape index (κ3) is 8.86. The van der Waals surface area contributed by atoms with Gasteiger partial charge in [0, 0.05) is 0 Å². The molecule has 0 bridgehead atoms. The zero-order valence-corrected chi connectivity index (χ0v) is 39.8. The van der Waals surface area contributed by atoms with Gasteiger partial charge in [0.15, 0.2) is 0 Å². The Morgan fingerprint density at radius 2 is 0.281 bits per heavy atom. The number of rotatable bonds is 12. The predicted molar refractivity (Wildman–Crippen MR) is 277 cm³/mol. The molecule has 0 unspecified atom stereocenters. The van der Waals surface area contributed by atoms with Gasteiger partial charge in [-0.05, 0) is 0 Å². The van der Waals surface area contributed by atoms with E-state index in [2.05, 4.69) is 293 Å². The fourth-order valence-corrected chi connectivity index (χ4v) is 105. The van der Waals surface area contributed by atoms with Crippen LogP contribution in [0.5, 0.6) is 0 Å². The molecule has 0 N–H and O–H groups in total. The van der Waals surface area contributed by atoms with Gasteiger partial charge in [0.1, 0.15) is 0 Å². The van der Waals surface area contributed by atoms with E-state index < -0.39 is 31.3 Å². The molecule has 9 aromatic rings. The van der Waals surface area contributed by atoms with Crippen molar-refractivity contribution < 1.29 is 28.9 Å². The SMILES string of the molecule is [C]=O.[C]=O.[C]=O.c1ccc([PH](c2ccccc2)(c2ccccc2)[Ru]([PH](c2ccccc2)(c2ccccc2)c2ccccc2)[PH](c2ccccc2)(c2ccccc2)c2ccccc2)cc1. The van der Waals surface area contributed by atoms with Gasteiger partial charge < -0.3 is 0 Å². The zero-order valence-electron chi connectivity index (χ0n) is 35.1. The van der Waals surface area contributed by atoms with E-state index in [1.807, 2.05) is 0 Å². The molecule has 3 nitrogen and oxygen atoms in total. The van der Waals surface area contributed by atoms with Crippen molar-refractivity contribution in [3.05, 3.63) is 273 Å². The predicted octanol–water partition coefficient (Wildman–Crippen LogP) is 8.34. The third-order valence-electron chi connectivity index (χ3n) is 11.3. The molecule has 0 aliphatic carbocycles. The van der Waals surface area contributed by atoms with Crippen LogP contribution in [-0.2, 0) is 28.9 Å². The number of hydrogen-bond donors (Lipinski definition) is 0. The van der Waals surface area contributed by atoms with Gasteiger partial charge in [0.25, 0.3) is 20.4 Å². The molecule has 9 aromatic carbocycles. The first-order valence-corrected chi connectivity index (χ1v) is 34.0. The van der Waals surface area contributed by atoms with E-state index in [1.165, 1.54) is 47.7 Å². The van der Waals surface area contributed by atoms with Crippen molar-refractivity contribution in [3.63, 3.8) is 0 Å². The molecule has 64 heavy (non-hydrogen) atoms. The summed E-state index contributed by atoms with van der Waals surface area (Å²) in [4.78, 5) is 22.5. The Labute approximate surface area is 384 Å². The zero-order chi connectivity index (χ0) is 45.1. The van der Waals surface area contributed by atoms with Gasteiger partial charge >= 0.3 is 352 Å². The Morgan fingerprint density at radius 1 is 0.188 bits per heavy atom. The second-order valence-electron chi connectivity index (χ2n) is 14.5. The number of carbonyl (C=O) groups excluding carboxylic acids is 3. The van der Waals surface area contributed by atoms with Gasteiger partial charge in [-0.2, -0.15) is 0 Å². The van der Waals surface area contributed by atoms with Crippen molar-refractivity contribution in [2.75, 3.05) is 0 Å². The molecule has 7 heteroatoms. The fourth-order valence-electron chi connectivity index (χ4n) is 8.99. The van der Waals surface area contributed by atoms with E-state index in [-0.39, 0.29) is 0 Å². The molecule has 0 amide bonds. The van der Waals surface area contributed by atoms with Crippen molar-refractivity contribution in [3.8, 4) is 0 Å². The van der Waals surface area contributed by atoms with Crippen molar-refractivity contribution >= 4 is 84.9 Å². The van der Waals surface area contributed by atoms with E-state index in [4.69, 9.17) is 14.4 Å². The molecule has 0 aliphatic heterocycles. The molecule has 0 aliphatic rings. The van der Waals surface area contributed by atoms with Crippen LogP contribution in [-0.4, -0.2) is 20.4 Å². The first-order valence-electron chi connectivity index (χ1n) is 20.6. The van der Waals surface area contributed by atoms with Crippen LogP contribution in [0.1, 0.15) is 0 Å². The maximum atomic E-state index is 7.50. The van der Waals surface area contributed by atoms with Gasteiger partial charge in [0.2, 0.25) is 0 Å². The van der Waals surface area contributed by atoms with Crippen LogP contribution in [0.2, 0.25) is 0 Å². The minimum absolute atomic E-state index is 1.49. The average molecular weight is 975 g/mol.